The highest BCUT2D eigenvalue weighted by Gasteiger charge is 2.17. The zero-order valence-corrected chi connectivity index (χ0v) is 19.2. The third-order valence-corrected chi connectivity index (χ3v) is 6.33. The number of rotatable bonds is 5. The van der Waals surface area contributed by atoms with E-state index in [0.717, 1.165) is 15.8 Å². The van der Waals surface area contributed by atoms with Gasteiger partial charge in [0.05, 0.1) is 22.9 Å². The highest BCUT2D eigenvalue weighted by molar-refractivity contribution is 7.19. The van der Waals surface area contributed by atoms with Crippen LogP contribution in [-0.2, 0) is 0 Å². The summed E-state index contributed by atoms with van der Waals surface area (Å²) in [6, 6.07) is 20.4. The topological polar surface area (TPSA) is 89.5 Å². The Balaban J connectivity index is 1.70. The zero-order chi connectivity index (χ0) is 23.7. The summed E-state index contributed by atoms with van der Waals surface area (Å²) in [5.41, 5.74) is 2.17. The van der Waals surface area contributed by atoms with E-state index in [1.165, 1.54) is 21.8 Å². The first-order valence-electron chi connectivity index (χ1n) is 10.4. The quantitative estimate of drug-likeness (QED) is 0.319. The van der Waals surface area contributed by atoms with E-state index in [9.17, 15) is 10.1 Å². The lowest BCUT2D eigenvalue weighted by molar-refractivity contribution is 0.412. The number of hydrogen-bond donors (Lipinski definition) is 0. The summed E-state index contributed by atoms with van der Waals surface area (Å²) in [6.07, 6.45) is 3.15. The number of aromatic nitrogens is 3. The smallest absolute Gasteiger partial charge is 0.269 e. The fourth-order valence-corrected chi connectivity index (χ4v) is 4.45. The molecule has 3 heterocycles. The van der Waals surface area contributed by atoms with Gasteiger partial charge in [-0.05, 0) is 61.0 Å². The van der Waals surface area contributed by atoms with Gasteiger partial charge in [-0.15, -0.1) is 11.3 Å². The molecule has 0 spiro atoms. The van der Waals surface area contributed by atoms with E-state index in [-0.39, 0.29) is 22.6 Å². The van der Waals surface area contributed by atoms with Gasteiger partial charge in [0.2, 0.25) is 5.88 Å². The standard InChI is InChI=1S/C26H18N4O3S/c1-16-6-5-13-30-23(16)29-24(33-19-11-9-18(32-2)10-12-19)20(26(30)31)14-17(15-27)25-28-21-7-3-4-8-22(21)34-25/h3-14H,1-2H3. The lowest BCUT2D eigenvalue weighted by Gasteiger charge is -2.11. The molecule has 0 aliphatic rings. The van der Waals surface area contributed by atoms with Crippen molar-refractivity contribution in [3.05, 3.63) is 93.3 Å². The molecule has 5 rings (SSSR count). The molecule has 0 saturated carbocycles. The predicted octanol–water partition coefficient (Wildman–Crippen LogP) is 5.48. The van der Waals surface area contributed by atoms with Crippen LogP contribution in [0.25, 0.3) is 27.5 Å². The molecule has 7 nitrogen and oxygen atoms in total. The number of nitriles is 1. The first kappa shape index (κ1) is 21.4. The Kier molecular flexibility index (Phi) is 5.54. The second-order valence-electron chi connectivity index (χ2n) is 7.45. The van der Waals surface area contributed by atoms with Crippen LogP contribution in [0, 0.1) is 18.3 Å². The van der Waals surface area contributed by atoms with Crippen molar-refractivity contribution in [2.45, 2.75) is 6.92 Å². The van der Waals surface area contributed by atoms with Crippen LogP contribution in [0.3, 0.4) is 0 Å². The number of methoxy groups -OCH3 is 1. The monoisotopic (exact) mass is 466 g/mol. The van der Waals surface area contributed by atoms with Crippen molar-refractivity contribution in [3.8, 4) is 23.4 Å². The van der Waals surface area contributed by atoms with E-state index >= 15 is 0 Å². The SMILES string of the molecule is COc1ccc(Oc2nc3c(C)cccn3c(=O)c2C=C(C#N)c2nc3ccccc3s2)cc1. The maximum Gasteiger partial charge on any atom is 0.269 e. The van der Waals surface area contributed by atoms with Gasteiger partial charge in [0.15, 0.2) is 0 Å². The van der Waals surface area contributed by atoms with Gasteiger partial charge in [0, 0.05) is 6.20 Å². The van der Waals surface area contributed by atoms with E-state index in [4.69, 9.17) is 9.47 Å². The molecule has 166 valence electrons. The molecule has 8 heteroatoms. The summed E-state index contributed by atoms with van der Waals surface area (Å²) in [6.45, 7) is 1.87. The summed E-state index contributed by atoms with van der Waals surface area (Å²) >= 11 is 1.39. The highest BCUT2D eigenvalue weighted by Crippen LogP contribution is 2.30. The molecule has 34 heavy (non-hydrogen) atoms. The van der Waals surface area contributed by atoms with Crippen LogP contribution in [0.2, 0.25) is 0 Å². The van der Waals surface area contributed by atoms with Crippen molar-refractivity contribution >= 4 is 38.8 Å². The van der Waals surface area contributed by atoms with Gasteiger partial charge in [-0.1, -0.05) is 18.2 Å². The largest absolute Gasteiger partial charge is 0.497 e. The maximum absolute atomic E-state index is 13.5. The van der Waals surface area contributed by atoms with Crippen LogP contribution in [0.1, 0.15) is 16.1 Å². The fraction of sp³-hybridized carbons (Fsp3) is 0.0769. The van der Waals surface area contributed by atoms with Gasteiger partial charge in [-0.25, -0.2) is 4.98 Å². The number of hydrogen-bond acceptors (Lipinski definition) is 7. The molecule has 0 aliphatic carbocycles. The van der Waals surface area contributed by atoms with Gasteiger partial charge in [-0.3, -0.25) is 9.20 Å². The Hall–Kier alpha value is -4.48. The van der Waals surface area contributed by atoms with Gasteiger partial charge in [0.25, 0.3) is 5.56 Å². The molecule has 0 fully saturated rings. The van der Waals surface area contributed by atoms with Crippen molar-refractivity contribution in [3.63, 3.8) is 0 Å². The lowest BCUT2D eigenvalue weighted by atomic mass is 10.2. The minimum absolute atomic E-state index is 0.110. The first-order valence-corrected chi connectivity index (χ1v) is 11.2. The van der Waals surface area contributed by atoms with Gasteiger partial charge in [-0.2, -0.15) is 10.2 Å². The number of thiazole rings is 1. The van der Waals surface area contributed by atoms with Crippen LogP contribution in [0.4, 0.5) is 0 Å². The maximum atomic E-state index is 13.5. The van der Waals surface area contributed by atoms with Gasteiger partial charge >= 0.3 is 0 Å². The van der Waals surface area contributed by atoms with E-state index < -0.39 is 0 Å². The van der Waals surface area contributed by atoms with Gasteiger partial charge in [0.1, 0.15) is 33.8 Å². The molecule has 0 atom stereocenters. The van der Waals surface area contributed by atoms with E-state index in [1.807, 2.05) is 37.3 Å². The number of nitrogens with zero attached hydrogens (tertiary/aromatic N) is 4. The summed E-state index contributed by atoms with van der Waals surface area (Å²) in [4.78, 5) is 22.7. The molecule has 0 unspecified atom stereocenters. The average Bonchev–Trinajstić information content (AvgIpc) is 3.29. The molecule has 0 radical (unpaired) electrons. The van der Waals surface area contributed by atoms with E-state index in [1.54, 1.807) is 43.6 Å². The molecule has 5 aromatic rings. The Labute approximate surface area is 198 Å². The second-order valence-corrected chi connectivity index (χ2v) is 8.49. The second kappa shape index (κ2) is 8.81. The molecule has 3 aromatic heterocycles. The number of allylic oxidation sites excluding steroid dienone is 1. The van der Waals surface area contributed by atoms with Gasteiger partial charge < -0.3 is 9.47 Å². The Bertz CT molecular complexity index is 1630. The first-order chi connectivity index (χ1) is 16.6. The number of aryl methyl sites for hydroxylation is 1. The van der Waals surface area contributed by atoms with Crippen molar-refractivity contribution in [2.24, 2.45) is 0 Å². The highest BCUT2D eigenvalue weighted by atomic mass is 32.1. The minimum atomic E-state index is -0.342. The lowest BCUT2D eigenvalue weighted by Crippen LogP contribution is -2.19. The molecular formula is C26H18N4O3S. The minimum Gasteiger partial charge on any atom is -0.497 e. The van der Waals surface area contributed by atoms with Crippen molar-refractivity contribution in [2.75, 3.05) is 7.11 Å². The number of pyridine rings is 1. The molecule has 2 aromatic carbocycles. The van der Waals surface area contributed by atoms with E-state index in [2.05, 4.69) is 16.0 Å². The molecule has 0 bridgehead atoms. The molecule has 0 amide bonds. The van der Waals surface area contributed by atoms with Crippen LogP contribution >= 0.6 is 11.3 Å². The van der Waals surface area contributed by atoms with Crippen LogP contribution in [0.15, 0.2) is 71.7 Å². The third-order valence-electron chi connectivity index (χ3n) is 5.26. The number of benzene rings is 2. The molecule has 0 N–H and O–H groups in total. The van der Waals surface area contributed by atoms with Crippen molar-refractivity contribution in [1.29, 1.82) is 5.26 Å². The van der Waals surface area contributed by atoms with E-state index in [0.29, 0.717) is 22.2 Å². The Morgan fingerprint density at radius 3 is 2.56 bits per heavy atom. The average molecular weight is 467 g/mol. The summed E-state index contributed by atoms with van der Waals surface area (Å²) in [5.74, 6) is 1.27. The summed E-state index contributed by atoms with van der Waals surface area (Å²) < 4.78 is 13.7. The number of fused-ring (bicyclic) bond motifs is 2. The molecule has 0 saturated heterocycles. The molecule has 0 aliphatic heterocycles. The van der Waals surface area contributed by atoms with Crippen LogP contribution in [-0.4, -0.2) is 21.5 Å². The number of ether oxygens (including phenoxy) is 2. The van der Waals surface area contributed by atoms with Crippen molar-refractivity contribution in [1.82, 2.24) is 14.4 Å². The number of para-hydroxylation sites is 1. The predicted molar refractivity (Wildman–Crippen MR) is 132 cm³/mol. The van der Waals surface area contributed by atoms with Crippen LogP contribution in [0.5, 0.6) is 17.4 Å². The van der Waals surface area contributed by atoms with Crippen molar-refractivity contribution < 1.29 is 9.47 Å². The third kappa shape index (κ3) is 3.89. The Morgan fingerprint density at radius 1 is 1.06 bits per heavy atom. The summed E-state index contributed by atoms with van der Waals surface area (Å²) in [7, 11) is 1.58. The zero-order valence-electron chi connectivity index (χ0n) is 18.4. The normalized spacial score (nSPS) is 11.5. The Morgan fingerprint density at radius 2 is 1.82 bits per heavy atom. The molecular weight excluding hydrogens is 448 g/mol. The summed E-state index contributed by atoms with van der Waals surface area (Å²) in [5, 5.41) is 10.4. The van der Waals surface area contributed by atoms with Crippen LogP contribution < -0.4 is 15.0 Å². The fourth-order valence-electron chi connectivity index (χ4n) is 3.52.